The second kappa shape index (κ2) is 3.57. The molecular formula is C11H15N3O2. The molecular weight excluding hydrogens is 206 g/mol. The van der Waals surface area contributed by atoms with Gasteiger partial charge in [-0.05, 0) is 25.2 Å². The molecule has 0 aromatic rings. The van der Waals surface area contributed by atoms with Crippen LogP contribution in [-0.4, -0.2) is 35.0 Å². The molecule has 0 spiro atoms. The number of rotatable bonds is 1. The summed E-state index contributed by atoms with van der Waals surface area (Å²) in [4.78, 5) is 25.0. The van der Waals surface area contributed by atoms with Crippen LogP contribution < -0.4 is 5.43 Å². The van der Waals surface area contributed by atoms with Gasteiger partial charge in [0.1, 0.15) is 5.71 Å². The summed E-state index contributed by atoms with van der Waals surface area (Å²) in [5, 5.41) is 3.86. The Morgan fingerprint density at radius 2 is 2.25 bits per heavy atom. The van der Waals surface area contributed by atoms with Gasteiger partial charge in [0.05, 0.1) is 0 Å². The summed E-state index contributed by atoms with van der Waals surface area (Å²) in [6.45, 7) is 0.885. The van der Waals surface area contributed by atoms with Gasteiger partial charge in [0.2, 0.25) is 5.91 Å². The largest absolute Gasteiger partial charge is 0.334 e. The Morgan fingerprint density at radius 1 is 1.38 bits per heavy atom. The second-order valence-corrected chi connectivity index (χ2v) is 4.88. The van der Waals surface area contributed by atoms with Gasteiger partial charge in [-0.2, -0.15) is 5.10 Å². The molecule has 5 heteroatoms. The van der Waals surface area contributed by atoms with E-state index in [1.807, 2.05) is 4.90 Å². The van der Waals surface area contributed by atoms with Crippen molar-refractivity contribution >= 4 is 17.5 Å². The number of hydrazone groups is 1. The number of likely N-dealkylation sites (tertiary alicyclic amines) is 1. The Hall–Kier alpha value is -1.39. The van der Waals surface area contributed by atoms with Gasteiger partial charge in [-0.25, -0.2) is 5.43 Å². The van der Waals surface area contributed by atoms with Crippen LogP contribution in [0.3, 0.4) is 0 Å². The summed E-state index contributed by atoms with van der Waals surface area (Å²) in [5.74, 6) is 0.638. The maximum atomic E-state index is 12.1. The van der Waals surface area contributed by atoms with E-state index in [0.717, 1.165) is 19.4 Å². The Kier molecular flexibility index (Phi) is 2.19. The van der Waals surface area contributed by atoms with E-state index in [1.165, 1.54) is 6.42 Å². The minimum Gasteiger partial charge on any atom is -0.334 e. The maximum Gasteiger partial charge on any atom is 0.270 e. The van der Waals surface area contributed by atoms with Crippen LogP contribution in [-0.2, 0) is 9.59 Å². The van der Waals surface area contributed by atoms with Gasteiger partial charge in [0.15, 0.2) is 0 Å². The van der Waals surface area contributed by atoms with Crippen LogP contribution in [0.5, 0.6) is 0 Å². The maximum absolute atomic E-state index is 12.1. The number of piperidine rings is 1. The summed E-state index contributed by atoms with van der Waals surface area (Å²) in [6, 6.07) is 0.429. The zero-order chi connectivity index (χ0) is 11.1. The minimum atomic E-state index is -0.0977. The quantitative estimate of drug-likeness (QED) is 0.690. The highest BCUT2D eigenvalue weighted by Gasteiger charge is 2.41. The van der Waals surface area contributed by atoms with Crippen molar-refractivity contribution < 1.29 is 9.59 Å². The zero-order valence-electron chi connectivity index (χ0n) is 9.11. The normalized spacial score (nSPS) is 32.6. The summed E-state index contributed by atoms with van der Waals surface area (Å²) in [7, 11) is 0. The van der Waals surface area contributed by atoms with Crippen LogP contribution in [0.2, 0.25) is 0 Å². The van der Waals surface area contributed by atoms with E-state index < -0.39 is 0 Å². The number of amides is 2. The average molecular weight is 221 g/mol. The first-order valence-electron chi connectivity index (χ1n) is 5.90. The third kappa shape index (κ3) is 1.50. The molecule has 3 rings (SSSR count). The number of fused-ring (bicyclic) bond motifs is 2. The lowest BCUT2D eigenvalue weighted by Crippen LogP contribution is -2.44. The third-order valence-electron chi connectivity index (χ3n) is 3.82. The number of nitrogens with zero attached hydrogens (tertiary/aromatic N) is 2. The van der Waals surface area contributed by atoms with Gasteiger partial charge < -0.3 is 4.90 Å². The van der Waals surface area contributed by atoms with Crippen LogP contribution in [0, 0.1) is 5.92 Å². The molecule has 2 fully saturated rings. The molecule has 2 amide bonds. The number of nitrogens with one attached hydrogen (secondary N) is 1. The molecule has 0 aromatic heterocycles. The molecule has 3 aliphatic rings. The lowest BCUT2D eigenvalue weighted by atomic mass is 10.1. The van der Waals surface area contributed by atoms with Crippen LogP contribution in [0.15, 0.2) is 5.10 Å². The van der Waals surface area contributed by atoms with Crippen LogP contribution in [0.4, 0.5) is 0 Å². The molecule has 2 unspecified atom stereocenters. The Bertz CT molecular complexity index is 377. The molecule has 1 saturated carbocycles. The highest BCUT2D eigenvalue weighted by atomic mass is 16.2. The van der Waals surface area contributed by atoms with E-state index in [9.17, 15) is 9.59 Å². The summed E-state index contributed by atoms with van der Waals surface area (Å²) >= 11 is 0. The first-order chi connectivity index (χ1) is 7.74. The molecule has 86 valence electrons. The van der Waals surface area contributed by atoms with Gasteiger partial charge in [-0.15, -0.1) is 0 Å². The van der Waals surface area contributed by atoms with E-state index >= 15 is 0 Å². The molecule has 0 radical (unpaired) electrons. The van der Waals surface area contributed by atoms with Crippen molar-refractivity contribution in [3.8, 4) is 0 Å². The van der Waals surface area contributed by atoms with Gasteiger partial charge in [0.25, 0.3) is 5.91 Å². The number of hydrogen-bond acceptors (Lipinski definition) is 3. The first-order valence-corrected chi connectivity index (χ1v) is 5.90. The summed E-state index contributed by atoms with van der Waals surface area (Å²) in [5.41, 5.74) is 2.90. The lowest BCUT2D eigenvalue weighted by molar-refractivity contribution is -0.126. The van der Waals surface area contributed by atoms with E-state index in [2.05, 4.69) is 10.5 Å². The molecule has 1 aliphatic carbocycles. The van der Waals surface area contributed by atoms with Crippen LogP contribution in [0.1, 0.15) is 32.1 Å². The zero-order valence-corrected chi connectivity index (χ0v) is 9.11. The molecule has 16 heavy (non-hydrogen) atoms. The fraction of sp³-hybridized carbons (Fsp3) is 0.727. The van der Waals surface area contributed by atoms with Crippen molar-refractivity contribution in [1.82, 2.24) is 10.3 Å². The van der Waals surface area contributed by atoms with Crippen LogP contribution >= 0.6 is 0 Å². The van der Waals surface area contributed by atoms with E-state index in [0.29, 0.717) is 30.5 Å². The number of hydrogen-bond donors (Lipinski definition) is 1. The minimum absolute atomic E-state index is 0.0344. The fourth-order valence-corrected chi connectivity index (χ4v) is 2.97. The van der Waals surface area contributed by atoms with E-state index in [1.54, 1.807) is 0 Å². The molecule has 2 aliphatic heterocycles. The third-order valence-corrected chi connectivity index (χ3v) is 3.82. The van der Waals surface area contributed by atoms with Crippen LogP contribution in [0.25, 0.3) is 0 Å². The van der Waals surface area contributed by atoms with E-state index in [4.69, 9.17) is 0 Å². The van der Waals surface area contributed by atoms with Gasteiger partial charge in [0, 0.05) is 25.4 Å². The summed E-state index contributed by atoms with van der Waals surface area (Å²) < 4.78 is 0. The molecule has 5 nitrogen and oxygen atoms in total. The lowest BCUT2D eigenvalue weighted by Gasteiger charge is -2.28. The molecule has 1 N–H and O–H groups in total. The van der Waals surface area contributed by atoms with Crippen molar-refractivity contribution in [3.05, 3.63) is 0 Å². The van der Waals surface area contributed by atoms with Crippen molar-refractivity contribution in [3.63, 3.8) is 0 Å². The number of carbonyl (C=O) groups is 2. The van der Waals surface area contributed by atoms with Crippen molar-refractivity contribution in [2.45, 2.75) is 38.1 Å². The average Bonchev–Trinajstić information content (AvgIpc) is 2.91. The SMILES string of the molecule is O=C1CCC(C(=O)N2CC3CCC2C3)=NN1. The molecule has 2 heterocycles. The Morgan fingerprint density at radius 3 is 2.81 bits per heavy atom. The standard InChI is InChI=1S/C11H15N3O2/c15-10-4-3-9(12-13-10)11(16)14-6-7-1-2-8(14)5-7/h7-8H,1-6H2,(H,13,15). The topological polar surface area (TPSA) is 61.8 Å². The fourth-order valence-electron chi connectivity index (χ4n) is 2.97. The predicted octanol–water partition coefficient (Wildman–Crippen LogP) is 0.263. The predicted molar refractivity (Wildman–Crippen MR) is 57.7 cm³/mol. The highest BCUT2D eigenvalue weighted by molar-refractivity contribution is 6.39. The van der Waals surface area contributed by atoms with Gasteiger partial charge in [-0.1, -0.05) is 0 Å². The van der Waals surface area contributed by atoms with Crippen molar-refractivity contribution in [2.75, 3.05) is 6.54 Å². The highest BCUT2D eigenvalue weighted by Crippen LogP contribution is 2.37. The Labute approximate surface area is 93.9 Å². The van der Waals surface area contributed by atoms with Crippen molar-refractivity contribution in [1.29, 1.82) is 0 Å². The molecule has 1 saturated heterocycles. The molecule has 0 aromatic carbocycles. The second-order valence-electron chi connectivity index (χ2n) is 4.88. The first kappa shape index (κ1) is 9.81. The summed E-state index contributed by atoms with van der Waals surface area (Å²) in [6.07, 6.45) is 4.42. The number of carbonyl (C=O) groups excluding carboxylic acids is 2. The molecule has 2 atom stereocenters. The molecule has 2 bridgehead atoms. The monoisotopic (exact) mass is 221 g/mol. The Balaban J connectivity index is 1.71. The smallest absolute Gasteiger partial charge is 0.270 e. The van der Waals surface area contributed by atoms with Gasteiger partial charge in [-0.3, -0.25) is 9.59 Å². The van der Waals surface area contributed by atoms with Gasteiger partial charge >= 0.3 is 0 Å². The van der Waals surface area contributed by atoms with Crippen molar-refractivity contribution in [2.24, 2.45) is 11.0 Å². The van der Waals surface area contributed by atoms with E-state index in [-0.39, 0.29) is 11.8 Å².